The highest BCUT2D eigenvalue weighted by Crippen LogP contribution is 2.34. The van der Waals surface area contributed by atoms with Crippen molar-refractivity contribution in [3.05, 3.63) is 39.0 Å². The fourth-order valence-corrected chi connectivity index (χ4v) is 2.04. The van der Waals surface area contributed by atoms with Crippen molar-refractivity contribution in [2.24, 2.45) is 0 Å². The Kier molecular flexibility index (Phi) is 2.51. The number of halogens is 1. The SMILES string of the molecule is Cc1cc2c([N+](=O)[O-])c(Cl)ccc2n1C(=O)O. The van der Waals surface area contributed by atoms with Crippen LogP contribution in [0.4, 0.5) is 10.5 Å². The van der Waals surface area contributed by atoms with Crippen LogP contribution in [0.15, 0.2) is 18.2 Å². The van der Waals surface area contributed by atoms with Crippen LogP contribution >= 0.6 is 11.6 Å². The Morgan fingerprint density at radius 3 is 2.71 bits per heavy atom. The molecule has 0 spiro atoms. The van der Waals surface area contributed by atoms with Crippen molar-refractivity contribution in [2.45, 2.75) is 6.92 Å². The number of carboxylic acid groups (broad SMARTS) is 1. The van der Waals surface area contributed by atoms with E-state index in [0.717, 1.165) is 4.57 Å². The molecule has 0 unspecified atom stereocenters. The molecule has 0 saturated heterocycles. The van der Waals surface area contributed by atoms with Gasteiger partial charge in [0.15, 0.2) is 0 Å². The number of aryl methyl sites for hydroxylation is 1. The van der Waals surface area contributed by atoms with E-state index in [2.05, 4.69) is 0 Å². The molecule has 1 N–H and O–H groups in total. The van der Waals surface area contributed by atoms with Gasteiger partial charge in [0.05, 0.1) is 15.8 Å². The van der Waals surface area contributed by atoms with Crippen LogP contribution in [0.1, 0.15) is 5.69 Å². The van der Waals surface area contributed by atoms with E-state index in [1.54, 1.807) is 6.92 Å². The number of nitro benzene ring substituents is 1. The third kappa shape index (κ3) is 1.62. The zero-order valence-electron chi connectivity index (χ0n) is 8.68. The molecule has 6 nitrogen and oxygen atoms in total. The summed E-state index contributed by atoms with van der Waals surface area (Å²) in [5.41, 5.74) is 0.385. The Morgan fingerprint density at radius 2 is 2.18 bits per heavy atom. The summed E-state index contributed by atoms with van der Waals surface area (Å²) in [4.78, 5) is 21.3. The summed E-state index contributed by atoms with van der Waals surface area (Å²) in [6.45, 7) is 1.56. The summed E-state index contributed by atoms with van der Waals surface area (Å²) in [5, 5.41) is 20.1. The smallest absolute Gasteiger partial charge is 0.416 e. The van der Waals surface area contributed by atoms with Gasteiger partial charge >= 0.3 is 6.09 Å². The molecule has 0 amide bonds. The number of carbonyl (C=O) groups is 1. The van der Waals surface area contributed by atoms with Gasteiger partial charge in [-0.3, -0.25) is 10.1 Å². The van der Waals surface area contributed by atoms with E-state index in [4.69, 9.17) is 16.7 Å². The molecular weight excluding hydrogens is 248 g/mol. The van der Waals surface area contributed by atoms with Gasteiger partial charge in [-0.15, -0.1) is 0 Å². The van der Waals surface area contributed by atoms with Gasteiger partial charge in [-0.2, -0.15) is 0 Å². The molecule has 0 aliphatic carbocycles. The number of rotatable bonds is 1. The molecule has 1 aromatic carbocycles. The first-order valence-electron chi connectivity index (χ1n) is 4.61. The van der Waals surface area contributed by atoms with Gasteiger partial charge in [-0.05, 0) is 25.1 Å². The molecule has 0 bridgehead atoms. The van der Waals surface area contributed by atoms with E-state index in [-0.39, 0.29) is 21.6 Å². The fourth-order valence-electron chi connectivity index (χ4n) is 1.81. The Labute approximate surface area is 100 Å². The summed E-state index contributed by atoms with van der Waals surface area (Å²) in [6.07, 6.45) is -1.19. The van der Waals surface area contributed by atoms with Crippen molar-refractivity contribution in [3.8, 4) is 0 Å². The van der Waals surface area contributed by atoms with E-state index >= 15 is 0 Å². The zero-order valence-corrected chi connectivity index (χ0v) is 9.43. The maximum Gasteiger partial charge on any atom is 0.416 e. The summed E-state index contributed by atoms with van der Waals surface area (Å²) in [7, 11) is 0. The number of fused-ring (bicyclic) bond motifs is 1. The van der Waals surface area contributed by atoms with E-state index in [9.17, 15) is 14.9 Å². The molecule has 17 heavy (non-hydrogen) atoms. The normalized spacial score (nSPS) is 10.7. The molecule has 0 aliphatic heterocycles. The molecule has 2 aromatic rings. The van der Waals surface area contributed by atoms with Gasteiger partial charge in [-0.1, -0.05) is 11.6 Å². The molecule has 0 atom stereocenters. The van der Waals surface area contributed by atoms with Crippen LogP contribution in [0, 0.1) is 17.0 Å². The van der Waals surface area contributed by atoms with Gasteiger partial charge in [-0.25, -0.2) is 9.36 Å². The van der Waals surface area contributed by atoms with E-state index < -0.39 is 11.0 Å². The summed E-state index contributed by atoms with van der Waals surface area (Å²) in [6, 6.07) is 4.21. The highest BCUT2D eigenvalue weighted by molar-refractivity contribution is 6.34. The second kappa shape index (κ2) is 3.74. The average molecular weight is 255 g/mol. The van der Waals surface area contributed by atoms with E-state index in [0.29, 0.717) is 5.69 Å². The molecule has 0 aliphatic rings. The minimum absolute atomic E-state index is 0.00922. The molecule has 1 heterocycles. The number of benzene rings is 1. The highest BCUT2D eigenvalue weighted by Gasteiger charge is 2.22. The van der Waals surface area contributed by atoms with Gasteiger partial charge < -0.3 is 5.11 Å². The van der Waals surface area contributed by atoms with Crippen molar-refractivity contribution in [2.75, 3.05) is 0 Å². The van der Waals surface area contributed by atoms with Gasteiger partial charge in [0.1, 0.15) is 5.02 Å². The number of hydrogen-bond donors (Lipinski definition) is 1. The number of nitro groups is 1. The highest BCUT2D eigenvalue weighted by atomic mass is 35.5. The van der Waals surface area contributed by atoms with Gasteiger partial charge in [0.25, 0.3) is 5.69 Å². The van der Waals surface area contributed by atoms with Crippen molar-refractivity contribution >= 4 is 34.3 Å². The topological polar surface area (TPSA) is 85.4 Å². The lowest BCUT2D eigenvalue weighted by molar-refractivity contribution is -0.382. The first kappa shape index (κ1) is 11.4. The maximum absolute atomic E-state index is 11.0. The third-order valence-electron chi connectivity index (χ3n) is 2.47. The summed E-state index contributed by atoms with van der Waals surface area (Å²) in [5.74, 6) is 0. The maximum atomic E-state index is 11.0. The summed E-state index contributed by atoms with van der Waals surface area (Å²) < 4.78 is 0.985. The molecule has 0 saturated carbocycles. The predicted octanol–water partition coefficient (Wildman–Crippen LogP) is 3.04. The molecule has 0 radical (unpaired) electrons. The molecule has 0 fully saturated rings. The van der Waals surface area contributed by atoms with Gasteiger partial charge in [0, 0.05) is 5.69 Å². The second-order valence-electron chi connectivity index (χ2n) is 3.49. The molecule has 2 rings (SSSR count). The second-order valence-corrected chi connectivity index (χ2v) is 3.90. The van der Waals surface area contributed by atoms with Crippen molar-refractivity contribution < 1.29 is 14.8 Å². The standard InChI is InChI=1S/C10H7ClN2O4/c1-5-4-6-8(12(5)10(14)15)3-2-7(11)9(6)13(16)17/h2-4H,1H3,(H,14,15). The first-order valence-corrected chi connectivity index (χ1v) is 4.99. The lowest BCUT2D eigenvalue weighted by Crippen LogP contribution is -2.08. The lowest BCUT2D eigenvalue weighted by atomic mass is 10.2. The largest absolute Gasteiger partial charge is 0.464 e. The predicted molar refractivity (Wildman–Crippen MR) is 61.8 cm³/mol. The number of hydrogen-bond acceptors (Lipinski definition) is 3. The molecular formula is C10H7ClN2O4. The van der Waals surface area contributed by atoms with Crippen LogP contribution in [-0.4, -0.2) is 20.7 Å². The molecule has 7 heteroatoms. The Bertz CT molecular complexity index is 647. The summed E-state index contributed by atoms with van der Waals surface area (Å²) >= 11 is 5.74. The minimum atomic E-state index is -1.19. The minimum Gasteiger partial charge on any atom is -0.464 e. The first-order chi connectivity index (χ1) is 7.93. The van der Waals surface area contributed by atoms with Crippen LogP contribution in [0.3, 0.4) is 0 Å². The monoisotopic (exact) mass is 254 g/mol. The van der Waals surface area contributed by atoms with Crippen LogP contribution in [0.2, 0.25) is 5.02 Å². The Hall–Kier alpha value is -2.08. The number of aromatic nitrogens is 1. The van der Waals surface area contributed by atoms with Crippen LogP contribution in [0.5, 0.6) is 0 Å². The Morgan fingerprint density at radius 1 is 1.53 bits per heavy atom. The number of nitrogens with zero attached hydrogens (tertiary/aromatic N) is 2. The van der Waals surface area contributed by atoms with Crippen LogP contribution in [-0.2, 0) is 0 Å². The zero-order chi connectivity index (χ0) is 12.7. The lowest BCUT2D eigenvalue weighted by Gasteiger charge is -2.01. The quantitative estimate of drug-likeness (QED) is 0.626. The van der Waals surface area contributed by atoms with Crippen molar-refractivity contribution in [1.29, 1.82) is 0 Å². The Balaban J connectivity index is 2.94. The molecule has 1 aromatic heterocycles. The fraction of sp³-hybridized carbons (Fsp3) is 0.100. The third-order valence-corrected chi connectivity index (χ3v) is 2.77. The van der Waals surface area contributed by atoms with Crippen molar-refractivity contribution in [1.82, 2.24) is 4.57 Å². The average Bonchev–Trinajstić information content (AvgIpc) is 2.52. The van der Waals surface area contributed by atoms with Crippen LogP contribution < -0.4 is 0 Å². The van der Waals surface area contributed by atoms with Crippen LogP contribution in [0.25, 0.3) is 10.9 Å². The van der Waals surface area contributed by atoms with E-state index in [1.165, 1.54) is 18.2 Å². The van der Waals surface area contributed by atoms with Crippen molar-refractivity contribution in [3.63, 3.8) is 0 Å². The molecule has 88 valence electrons. The van der Waals surface area contributed by atoms with Gasteiger partial charge in [0.2, 0.25) is 0 Å². The van der Waals surface area contributed by atoms with E-state index in [1.807, 2.05) is 0 Å².